The van der Waals surface area contributed by atoms with Crippen LogP contribution in [0.25, 0.3) is 11.1 Å². The Bertz CT molecular complexity index is 521. The van der Waals surface area contributed by atoms with Crippen molar-refractivity contribution in [3.63, 3.8) is 0 Å². The smallest absolute Gasteiger partial charge is 0.213 e. The lowest BCUT2D eigenvalue weighted by Crippen LogP contribution is -2.02. The number of hydrogen-bond acceptors (Lipinski definition) is 3. The van der Waals surface area contributed by atoms with Crippen molar-refractivity contribution in [1.29, 1.82) is 0 Å². The van der Waals surface area contributed by atoms with Crippen LogP contribution < -0.4 is 10.5 Å². The number of nitrogens with zero attached hydrogens (tertiary/aromatic N) is 1. The maximum atomic E-state index is 5.54. The zero-order chi connectivity index (χ0) is 13.0. The summed E-state index contributed by atoms with van der Waals surface area (Å²) in [6, 6.07) is 10.4. The average Bonchev–Trinajstić information content (AvgIpc) is 2.40. The molecule has 0 aliphatic rings. The predicted molar refractivity (Wildman–Crippen MR) is 73.7 cm³/mol. The molecule has 0 unspecified atom stereocenters. The molecule has 0 spiro atoms. The van der Waals surface area contributed by atoms with Gasteiger partial charge in [-0.2, -0.15) is 0 Å². The molecule has 2 aromatic rings. The Hall–Kier alpha value is -1.87. The quantitative estimate of drug-likeness (QED) is 0.896. The number of hydrogen-bond donors (Lipinski definition) is 1. The molecule has 1 heterocycles. The highest BCUT2D eigenvalue weighted by Gasteiger charge is 2.04. The van der Waals surface area contributed by atoms with Crippen molar-refractivity contribution in [3.05, 3.63) is 47.7 Å². The van der Waals surface area contributed by atoms with Gasteiger partial charge in [0.25, 0.3) is 0 Å². The molecule has 0 bridgehead atoms. The molecular formula is C15H18N2O. The number of benzene rings is 1. The molecule has 0 saturated carbocycles. The van der Waals surface area contributed by atoms with E-state index in [1.54, 1.807) is 7.11 Å². The maximum Gasteiger partial charge on any atom is 0.213 e. The summed E-state index contributed by atoms with van der Waals surface area (Å²) in [7, 11) is 1.63. The van der Waals surface area contributed by atoms with Crippen LogP contribution in [-0.2, 0) is 6.42 Å². The van der Waals surface area contributed by atoms with Gasteiger partial charge in [0, 0.05) is 17.8 Å². The molecule has 2 N–H and O–H groups in total. The molecule has 2 rings (SSSR count). The summed E-state index contributed by atoms with van der Waals surface area (Å²) in [6.07, 6.45) is 2.77. The molecule has 1 aromatic carbocycles. The molecule has 0 atom stereocenters. The van der Waals surface area contributed by atoms with Gasteiger partial charge in [-0.3, -0.25) is 0 Å². The summed E-state index contributed by atoms with van der Waals surface area (Å²) in [6.45, 7) is 2.75. The normalized spacial score (nSPS) is 10.4. The van der Waals surface area contributed by atoms with Gasteiger partial charge in [-0.25, -0.2) is 4.98 Å². The Morgan fingerprint density at radius 3 is 2.50 bits per heavy atom. The van der Waals surface area contributed by atoms with Gasteiger partial charge in [0.1, 0.15) is 0 Å². The summed E-state index contributed by atoms with van der Waals surface area (Å²) in [5.41, 5.74) is 10.3. The molecule has 0 amide bonds. The number of nitrogens with two attached hydrogens (primary N) is 1. The number of ether oxygens (including phenoxy) is 1. The second-order valence-electron chi connectivity index (χ2n) is 4.28. The van der Waals surface area contributed by atoms with E-state index in [0.29, 0.717) is 12.4 Å². The molecular weight excluding hydrogens is 224 g/mol. The van der Waals surface area contributed by atoms with Crippen molar-refractivity contribution < 1.29 is 4.74 Å². The summed E-state index contributed by atoms with van der Waals surface area (Å²) in [4.78, 5) is 4.25. The first-order valence-electron chi connectivity index (χ1n) is 6.04. The lowest BCUT2D eigenvalue weighted by Gasteiger charge is -2.08. The fourth-order valence-electron chi connectivity index (χ4n) is 1.96. The van der Waals surface area contributed by atoms with Crippen LogP contribution in [0.4, 0.5) is 0 Å². The molecule has 0 aliphatic heterocycles. The highest BCUT2D eigenvalue weighted by Crippen LogP contribution is 2.25. The molecule has 3 nitrogen and oxygen atoms in total. The fourth-order valence-corrected chi connectivity index (χ4v) is 1.96. The predicted octanol–water partition coefficient (Wildman–Crippen LogP) is 2.57. The number of aryl methyl sites for hydroxylation is 1. The van der Waals surface area contributed by atoms with Crippen molar-refractivity contribution in [2.75, 3.05) is 13.7 Å². The summed E-state index contributed by atoms with van der Waals surface area (Å²) >= 11 is 0. The van der Waals surface area contributed by atoms with E-state index in [1.807, 2.05) is 12.3 Å². The Labute approximate surface area is 108 Å². The van der Waals surface area contributed by atoms with E-state index in [4.69, 9.17) is 10.5 Å². The van der Waals surface area contributed by atoms with E-state index in [9.17, 15) is 0 Å². The van der Waals surface area contributed by atoms with Gasteiger partial charge >= 0.3 is 0 Å². The van der Waals surface area contributed by atoms with Gasteiger partial charge in [-0.15, -0.1) is 0 Å². The summed E-state index contributed by atoms with van der Waals surface area (Å²) in [5.74, 6) is 0.649. The second-order valence-corrected chi connectivity index (χ2v) is 4.28. The largest absolute Gasteiger partial charge is 0.481 e. The van der Waals surface area contributed by atoms with Crippen molar-refractivity contribution in [2.45, 2.75) is 13.3 Å². The van der Waals surface area contributed by atoms with Crippen molar-refractivity contribution in [3.8, 4) is 17.0 Å². The molecule has 94 valence electrons. The Morgan fingerprint density at radius 2 is 1.94 bits per heavy atom. The van der Waals surface area contributed by atoms with Crippen LogP contribution in [0.2, 0.25) is 0 Å². The van der Waals surface area contributed by atoms with E-state index in [-0.39, 0.29) is 0 Å². The molecule has 0 radical (unpaired) electrons. The van der Waals surface area contributed by atoms with Gasteiger partial charge in [-0.05, 0) is 36.6 Å². The van der Waals surface area contributed by atoms with Gasteiger partial charge < -0.3 is 10.5 Å². The number of rotatable bonds is 4. The first-order valence-corrected chi connectivity index (χ1v) is 6.04. The molecule has 0 aliphatic carbocycles. The third kappa shape index (κ3) is 2.68. The second kappa shape index (κ2) is 5.65. The Balaban J connectivity index is 2.30. The van der Waals surface area contributed by atoms with E-state index < -0.39 is 0 Å². The zero-order valence-corrected chi connectivity index (χ0v) is 10.8. The van der Waals surface area contributed by atoms with Crippen LogP contribution in [0.3, 0.4) is 0 Å². The minimum atomic E-state index is 0.649. The van der Waals surface area contributed by atoms with Crippen molar-refractivity contribution >= 4 is 0 Å². The molecule has 0 fully saturated rings. The lowest BCUT2D eigenvalue weighted by molar-refractivity contribution is 0.397. The average molecular weight is 242 g/mol. The van der Waals surface area contributed by atoms with Gasteiger partial charge in [0.2, 0.25) is 5.88 Å². The number of methoxy groups -OCH3 is 1. The van der Waals surface area contributed by atoms with Gasteiger partial charge in [0.15, 0.2) is 0 Å². The van der Waals surface area contributed by atoms with E-state index in [0.717, 1.165) is 17.5 Å². The topological polar surface area (TPSA) is 48.1 Å². The fraction of sp³-hybridized carbons (Fsp3) is 0.267. The Kier molecular flexibility index (Phi) is 3.95. The SMILES string of the molecule is COc1cc(C)c(-c2ccc(CCN)cc2)cn1. The monoisotopic (exact) mass is 242 g/mol. The first-order chi connectivity index (χ1) is 8.74. The van der Waals surface area contributed by atoms with Gasteiger partial charge in [-0.1, -0.05) is 24.3 Å². The van der Waals surface area contributed by atoms with E-state index in [2.05, 4.69) is 36.2 Å². The molecule has 0 saturated heterocycles. The zero-order valence-electron chi connectivity index (χ0n) is 10.8. The third-order valence-electron chi connectivity index (χ3n) is 2.99. The molecule has 18 heavy (non-hydrogen) atoms. The van der Waals surface area contributed by atoms with Crippen LogP contribution >= 0.6 is 0 Å². The summed E-state index contributed by atoms with van der Waals surface area (Å²) in [5, 5.41) is 0. The highest BCUT2D eigenvalue weighted by molar-refractivity contribution is 5.66. The van der Waals surface area contributed by atoms with E-state index in [1.165, 1.54) is 11.1 Å². The van der Waals surface area contributed by atoms with Crippen LogP contribution in [0.1, 0.15) is 11.1 Å². The third-order valence-corrected chi connectivity index (χ3v) is 2.99. The molecule has 3 heteroatoms. The number of aromatic nitrogens is 1. The first kappa shape index (κ1) is 12.6. The number of pyridine rings is 1. The van der Waals surface area contributed by atoms with Crippen LogP contribution in [0.15, 0.2) is 36.5 Å². The van der Waals surface area contributed by atoms with Crippen LogP contribution in [-0.4, -0.2) is 18.6 Å². The van der Waals surface area contributed by atoms with E-state index >= 15 is 0 Å². The van der Waals surface area contributed by atoms with Crippen LogP contribution in [0, 0.1) is 6.92 Å². The lowest BCUT2D eigenvalue weighted by atomic mass is 10.0. The Morgan fingerprint density at radius 1 is 1.22 bits per heavy atom. The standard InChI is InChI=1S/C15H18N2O/c1-11-9-15(18-2)17-10-14(11)13-5-3-12(4-6-13)7-8-16/h3-6,9-10H,7-8,16H2,1-2H3. The maximum absolute atomic E-state index is 5.54. The highest BCUT2D eigenvalue weighted by atomic mass is 16.5. The summed E-state index contributed by atoms with van der Waals surface area (Å²) < 4.78 is 5.11. The minimum Gasteiger partial charge on any atom is -0.481 e. The van der Waals surface area contributed by atoms with Crippen molar-refractivity contribution in [2.24, 2.45) is 5.73 Å². The minimum absolute atomic E-state index is 0.649. The van der Waals surface area contributed by atoms with Crippen molar-refractivity contribution in [1.82, 2.24) is 4.98 Å². The van der Waals surface area contributed by atoms with Crippen LogP contribution in [0.5, 0.6) is 5.88 Å². The molecule has 1 aromatic heterocycles. The van der Waals surface area contributed by atoms with Gasteiger partial charge in [0.05, 0.1) is 7.11 Å².